The fraction of sp³-hybridized carbons (Fsp3) is 0.556. The molecule has 4 rings (SSSR count). The summed E-state index contributed by atoms with van der Waals surface area (Å²) < 4.78 is 13.2. The monoisotopic (exact) mass is 346 g/mol. The summed E-state index contributed by atoms with van der Waals surface area (Å²) in [5.41, 5.74) is 1.52. The first kappa shape index (κ1) is 16.5. The first-order chi connectivity index (χ1) is 12.3. The van der Waals surface area contributed by atoms with Gasteiger partial charge in [0.25, 0.3) is 5.91 Å². The predicted octanol–water partition coefficient (Wildman–Crippen LogP) is -0.401. The molecular formula is C18H26N4O3+2. The van der Waals surface area contributed by atoms with Crippen LogP contribution in [0.15, 0.2) is 24.4 Å². The number of carbonyl (C=O) groups excluding carboxylic acids is 1. The van der Waals surface area contributed by atoms with Crippen molar-refractivity contribution in [1.29, 1.82) is 0 Å². The molecule has 25 heavy (non-hydrogen) atoms. The molecule has 2 saturated heterocycles. The van der Waals surface area contributed by atoms with Gasteiger partial charge in [-0.25, -0.2) is 4.90 Å². The van der Waals surface area contributed by atoms with Gasteiger partial charge in [0, 0.05) is 13.2 Å². The van der Waals surface area contributed by atoms with Crippen LogP contribution in [0, 0.1) is 0 Å². The Morgan fingerprint density at radius 3 is 2.96 bits per heavy atom. The molecule has 7 nitrogen and oxygen atoms in total. The zero-order chi connectivity index (χ0) is 17.1. The number of quaternary nitrogens is 1. The first-order valence-corrected chi connectivity index (χ1v) is 9.18. The molecule has 0 aliphatic carbocycles. The topological polar surface area (TPSA) is 71.9 Å². The maximum atomic E-state index is 12.8. The minimum Gasteiger partial charge on any atom is -0.376 e. The minimum absolute atomic E-state index is 0.0724. The highest BCUT2D eigenvalue weighted by Crippen LogP contribution is 2.12. The van der Waals surface area contributed by atoms with E-state index in [0.717, 1.165) is 57.2 Å². The number of amides is 1. The average molecular weight is 346 g/mol. The summed E-state index contributed by atoms with van der Waals surface area (Å²) in [4.78, 5) is 17.4. The number of aromatic nitrogens is 2. The van der Waals surface area contributed by atoms with Crippen molar-refractivity contribution in [2.24, 2.45) is 0 Å². The normalized spacial score (nSPS) is 22.2. The molecular weight excluding hydrogens is 320 g/mol. The number of hydrogen-bond acceptors (Lipinski definition) is 3. The summed E-state index contributed by atoms with van der Waals surface area (Å²) in [7, 11) is 0. The van der Waals surface area contributed by atoms with Gasteiger partial charge in [-0.3, -0.25) is 4.79 Å². The number of ether oxygens (including phenoxy) is 2. The Bertz CT molecular complexity index is 733. The molecule has 1 atom stereocenters. The molecule has 1 amide bonds. The van der Waals surface area contributed by atoms with Crippen molar-refractivity contribution in [2.45, 2.75) is 25.4 Å². The molecule has 2 aliphatic heterocycles. The van der Waals surface area contributed by atoms with E-state index in [0.29, 0.717) is 12.2 Å². The predicted molar refractivity (Wildman–Crippen MR) is 91.1 cm³/mol. The van der Waals surface area contributed by atoms with E-state index >= 15 is 0 Å². The Balaban J connectivity index is 1.55. The summed E-state index contributed by atoms with van der Waals surface area (Å²) in [6, 6.07) is 5.93. The van der Waals surface area contributed by atoms with Gasteiger partial charge in [0.1, 0.15) is 19.3 Å². The number of rotatable bonds is 4. The Hall–Kier alpha value is -1.96. The zero-order valence-electron chi connectivity index (χ0n) is 14.4. The van der Waals surface area contributed by atoms with Crippen molar-refractivity contribution in [3.05, 3.63) is 30.1 Å². The Morgan fingerprint density at radius 1 is 1.28 bits per heavy atom. The van der Waals surface area contributed by atoms with E-state index < -0.39 is 0 Å². The summed E-state index contributed by atoms with van der Waals surface area (Å²) in [6.07, 6.45) is 5.45. The van der Waals surface area contributed by atoms with Gasteiger partial charge in [-0.15, -0.1) is 4.40 Å². The van der Waals surface area contributed by atoms with Crippen LogP contribution in [0.25, 0.3) is 5.52 Å². The standard InChI is InChI=1S/C18H24N4O3/c23-17(19-13-14-5-2-4-10-25-14)16-15-6-1-3-7-22(15)18(20-16)21-8-11-24-12-9-21/h1,3,6-7,14H,2,4-5,8-13H2,(H,19,23)/p+2. The molecule has 0 spiro atoms. The van der Waals surface area contributed by atoms with E-state index in [-0.39, 0.29) is 12.0 Å². The van der Waals surface area contributed by atoms with Crippen molar-refractivity contribution in [1.82, 2.24) is 10.3 Å². The highest BCUT2D eigenvalue weighted by Gasteiger charge is 2.32. The van der Waals surface area contributed by atoms with Crippen LogP contribution in [0.1, 0.15) is 29.8 Å². The van der Waals surface area contributed by atoms with Crippen molar-refractivity contribution in [3.63, 3.8) is 0 Å². The maximum absolute atomic E-state index is 12.8. The van der Waals surface area contributed by atoms with Crippen molar-refractivity contribution in [2.75, 3.05) is 39.5 Å². The molecule has 0 bridgehead atoms. The second-order valence-corrected chi connectivity index (χ2v) is 6.72. The molecule has 1 unspecified atom stereocenters. The van der Waals surface area contributed by atoms with E-state index in [2.05, 4.69) is 14.7 Å². The van der Waals surface area contributed by atoms with Crippen LogP contribution in [0.5, 0.6) is 0 Å². The van der Waals surface area contributed by atoms with Crippen molar-refractivity contribution < 1.29 is 23.6 Å². The van der Waals surface area contributed by atoms with Gasteiger partial charge in [-0.1, -0.05) is 6.07 Å². The lowest BCUT2D eigenvalue weighted by Gasteiger charge is -2.22. The number of hydrogen-bond donors (Lipinski definition) is 3. The number of morpholine rings is 1. The smallest absolute Gasteiger partial charge is 0.376 e. The number of nitrogens with one attached hydrogen (secondary N) is 3. The van der Waals surface area contributed by atoms with Gasteiger partial charge >= 0.3 is 5.95 Å². The molecule has 0 saturated carbocycles. The number of aromatic amines is 1. The fourth-order valence-corrected chi connectivity index (χ4v) is 3.63. The molecule has 2 fully saturated rings. The van der Waals surface area contributed by atoms with Crippen LogP contribution in [-0.4, -0.2) is 56.5 Å². The van der Waals surface area contributed by atoms with E-state index in [1.807, 2.05) is 24.4 Å². The average Bonchev–Trinajstić information content (AvgIpc) is 3.07. The number of fused-ring (bicyclic) bond motifs is 1. The minimum atomic E-state index is -0.0724. The van der Waals surface area contributed by atoms with Crippen LogP contribution in [0.3, 0.4) is 0 Å². The lowest BCUT2D eigenvalue weighted by molar-refractivity contribution is -0.889. The molecule has 2 aromatic heterocycles. The Morgan fingerprint density at radius 2 is 2.16 bits per heavy atom. The van der Waals surface area contributed by atoms with E-state index in [1.165, 1.54) is 11.3 Å². The molecule has 2 aliphatic rings. The van der Waals surface area contributed by atoms with Crippen molar-refractivity contribution in [3.8, 4) is 0 Å². The fourth-order valence-electron chi connectivity index (χ4n) is 3.63. The van der Waals surface area contributed by atoms with Gasteiger partial charge in [0.2, 0.25) is 5.69 Å². The van der Waals surface area contributed by atoms with E-state index in [4.69, 9.17) is 9.47 Å². The number of carbonyl (C=O) groups is 1. The van der Waals surface area contributed by atoms with Gasteiger partial charge in [0.15, 0.2) is 5.52 Å². The molecule has 4 heterocycles. The second-order valence-electron chi connectivity index (χ2n) is 6.72. The number of pyridine rings is 1. The Labute approximate surface area is 146 Å². The van der Waals surface area contributed by atoms with Crippen LogP contribution in [0.2, 0.25) is 0 Å². The van der Waals surface area contributed by atoms with Crippen LogP contribution >= 0.6 is 0 Å². The third-order valence-corrected chi connectivity index (χ3v) is 5.02. The maximum Gasteiger partial charge on any atom is 0.457 e. The third-order valence-electron chi connectivity index (χ3n) is 5.02. The van der Waals surface area contributed by atoms with E-state index in [9.17, 15) is 4.79 Å². The second kappa shape index (κ2) is 7.51. The summed E-state index contributed by atoms with van der Waals surface area (Å²) in [5.74, 6) is 0.940. The molecule has 2 aromatic rings. The highest BCUT2D eigenvalue weighted by molar-refractivity contribution is 5.98. The molecule has 0 aromatic carbocycles. The SMILES string of the molecule is O=C(NCC1CCCCO1)c1[nH]c([NH+]2CCOCC2)[n+]2ccccc12. The summed E-state index contributed by atoms with van der Waals surface area (Å²) in [6.45, 7) is 4.64. The highest BCUT2D eigenvalue weighted by atomic mass is 16.5. The number of H-pyrrole nitrogens is 1. The lowest BCUT2D eigenvalue weighted by Crippen LogP contribution is -3.11. The number of nitrogens with zero attached hydrogens (tertiary/aromatic N) is 1. The largest absolute Gasteiger partial charge is 0.457 e. The van der Waals surface area contributed by atoms with Gasteiger partial charge in [0.05, 0.1) is 19.3 Å². The lowest BCUT2D eigenvalue weighted by atomic mass is 10.1. The van der Waals surface area contributed by atoms with Crippen molar-refractivity contribution >= 4 is 17.4 Å². The Kier molecular flexibility index (Phi) is 4.96. The molecule has 3 N–H and O–H groups in total. The molecule has 0 radical (unpaired) electrons. The third kappa shape index (κ3) is 3.53. The van der Waals surface area contributed by atoms with E-state index in [1.54, 1.807) is 0 Å². The molecule has 7 heteroatoms. The van der Waals surface area contributed by atoms with Gasteiger partial charge < -0.3 is 14.8 Å². The van der Waals surface area contributed by atoms with Gasteiger partial charge in [-0.2, -0.15) is 4.98 Å². The zero-order valence-corrected chi connectivity index (χ0v) is 14.4. The number of imidazole rings is 1. The summed E-state index contributed by atoms with van der Waals surface area (Å²) in [5, 5.41) is 3.03. The van der Waals surface area contributed by atoms with Crippen LogP contribution in [0.4, 0.5) is 5.95 Å². The van der Waals surface area contributed by atoms with Crippen LogP contribution < -0.4 is 14.6 Å². The van der Waals surface area contributed by atoms with Crippen LogP contribution in [-0.2, 0) is 9.47 Å². The molecule has 134 valence electrons. The quantitative estimate of drug-likeness (QED) is 0.660. The van der Waals surface area contributed by atoms with Gasteiger partial charge in [-0.05, 0) is 31.4 Å². The first-order valence-electron chi connectivity index (χ1n) is 9.18. The summed E-state index contributed by atoms with van der Waals surface area (Å²) >= 11 is 0.